The maximum absolute atomic E-state index is 13.9. The maximum atomic E-state index is 13.9. The van der Waals surface area contributed by atoms with Crippen molar-refractivity contribution < 1.29 is 8.78 Å². The third kappa shape index (κ3) is 1.98. The smallest absolute Gasteiger partial charge is 0.156 e. The summed E-state index contributed by atoms with van der Waals surface area (Å²) in [5, 5.41) is 0.532. The fourth-order valence-electron chi connectivity index (χ4n) is 1.68. The monoisotopic (exact) mass is 253 g/mol. The highest BCUT2D eigenvalue weighted by Gasteiger charge is 2.14. The molecule has 0 heterocycles. The summed E-state index contributed by atoms with van der Waals surface area (Å²) in [5.41, 5.74) is 6.46. The Hall–Kier alpha value is -1.61. The van der Waals surface area contributed by atoms with Crippen molar-refractivity contribution in [1.29, 1.82) is 0 Å². The van der Waals surface area contributed by atoms with E-state index in [4.69, 9.17) is 17.3 Å². The molecule has 2 aromatic carbocycles. The molecule has 4 heteroatoms. The molecule has 0 aromatic heterocycles. The number of nitrogens with two attached hydrogens (primary N) is 1. The van der Waals surface area contributed by atoms with E-state index < -0.39 is 17.3 Å². The van der Waals surface area contributed by atoms with Crippen molar-refractivity contribution in [3.05, 3.63) is 52.6 Å². The molecular weight excluding hydrogens is 244 g/mol. The van der Waals surface area contributed by atoms with Crippen molar-refractivity contribution in [2.75, 3.05) is 5.73 Å². The summed E-state index contributed by atoms with van der Waals surface area (Å²) >= 11 is 5.96. The topological polar surface area (TPSA) is 26.0 Å². The van der Waals surface area contributed by atoms with Crippen LogP contribution in [-0.4, -0.2) is 0 Å². The van der Waals surface area contributed by atoms with Gasteiger partial charge in [-0.05, 0) is 36.2 Å². The first-order valence-electron chi connectivity index (χ1n) is 5.01. The van der Waals surface area contributed by atoms with E-state index in [1.54, 1.807) is 25.1 Å². The van der Waals surface area contributed by atoms with Crippen LogP contribution in [0.4, 0.5) is 14.5 Å². The Morgan fingerprint density at radius 1 is 1.06 bits per heavy atom. The number of hydrogen-bond donors (Lipinski definition) is 1. The molecule has 0 amide bonds. The van der Waals surface area contributed by atoms with Gasteiger partial charge in [-0.25, -0.2) is 8.78 Å². The van der Waals surface area contributed by atoms with Gasteiger partial charge in [-0.1, -0.05) is 23.7 Å². The van der Waals surface area contributed by atoms with Gasteiger partial charge in [0.05, 0.1) is 0 Å². The molecule has 0 unspecified atom stereocenters. The van der Waals surface area contributed by atoms with Crippen LogP contribution in [0.2, 0.25) is 5.02 Å². The van der Waals surface area contributed by atoms with E-state index >= 15 is 0 Å². The van der Waals surface area contributed by atoms with Crippen molar-refractivity contribution in [3.63, 3.8) is 0 Å². The lowest BCUT2D eigenvalue weighted by molar-refractivity contribution is 0.594. The summed E-state index contributed by atoms with van der Waals surface area (Å²) in [6.45, 7) is 1.77. The van der Waals surface area contributed by atoms with Crippen LogP contribution in [0.3, 0.4) is 0 Å². The van der Waals surface area contributed by atoms with Gasteiger partial charge in [-0.2, -0.15) is 0 Å². The molecule has 2 N–H and O–H groups in total. The van der Waals surface area contributed by atoms with Crippen LogP contribution in [-0.2, 0) is 0 Å². The second kappa shape index (κ2) is 4.34. The van der Waals surface area contributed by atoms with E-state index in [0.29, 0.717) is 10.6 Å². The van der Waals surface area contributed by atoms with E-state index in [-0.39, 0.29) is 5.56 Å². The molecule has 2 rings (SSSR count). The molecule has 0 fully saturated rings. The van der Waals surface area contributed by atoms with Gasteiger partial charge < -0.3 is 5.73 Å². The van der Waals surface area contributed by atoms with Gasteiger partial charge in [-0.15, -0.1) is 0 Å². The van der Waals surface area contributed by atoms with Crippen molar-refractivity contribution in [2.24, 2.45) is 0 Å². The lowest BCUT2D eigenvalue weighted by atomic mass is 9.99. The van der Waals surface area contributed by atoms with Gasteiger partial charge >= 0.3 is 0 Å². The Kier molecular flexibility index (Phi) is 3.03. The van der Waals surface area contributed by atoms with Crippen LogP contribution in [0.1, 0.15) is 5.56 Å². The normalized spacial score (nSPS) is 10.6. The molecule has 0 aliphatic carbocycles. The molecule has 17 heavy (non-hydrogen) atoms. The standard InChI is InChI=1S/C13H10ClF2N/c1-7-8(3-2-4-10(7)14)9-5-6-11(15)13(17)12(9)16/h2-6H,17H2,1H3. The average Bonchev–Trinajstić information content (AvgIpc) is 2.31. The van der Waals surface area contributed by atoms with Gasteiger partial charge in [-0.3, -0.25) is 0 Å². The predicted molar refractivity (Wildman–Crippen MR) is 66.0 cm³/mol. The number of rotatable bonds is 1. The van der Waals surface area contributed by atoms with Crippen molar-refractivity contribution in [3.8, 4) is 11.1 Å². The number of halogens is 3. The van der Waals surface area contributed by atoms with Gasteiger partial charge in [0.2, 0.25) is 0 Å². The largest absolute Gasteiger partial charge is 0.394 e. The number of anilines is 1. The van der Waals surface area contributed by atoms with Gasteiger partial charge in [0.25, 0.3) is 0 Å². The minimum Gasteiger partial charge on any atom is -0.394 e. The van der Waals surface area contributed by atoms with Crippen LogP contribution in [0.5, 0.6) is 0 Å². The zero-order valence-electron chi connectivity index (χ0n) is 9.10. The zero-order valence-corrected chi connectivity index (χ0v) is 9.85. The fraction of sp³-hybridized carbons (Fsp3) is 0.0769. The number of hydrogen-bond acceptors (Lipinski definition) is 1. The first-order chi connectivity index (χ1) is 8.02. The van der Waals surface area contributed by atoms with E-state index in [1.165, 1.54) is 6.07 Å². The highest BCUT2D eigenvalue weighted by molar-refractivity contribution is 6.31. The molecule has 0 radical (unpaired) electrons. The SMILES string of the molecule is Cc1c(Cl)cccc1-c1ccc(F)c(N)c1F. The average molecular weight is 254 g/mol. The molecule has 88 valence electrons. The molecule has 0 bridgehead atoms. The second-order valence-corrected chi connectivity index (χ2v) is 4.14. The van der Waals surface area contributed by atoms with E-state index in [2.05, 4.69) is 0 Å². The maximum Gasteiger partial charge on any atom is 0.156 e. The second-order valence-electron chi connectivity index (χ2n) is 3.73. The summed E-state index contributed by atoms with van der Waals surface area (Å²) in [6, 6.07) is 7.65. The minimum absolute atomic E-state index is 0.254. The lowest BCUT2D eigenvalue weighted by Crippen LogP contribution is -1.98. The summed E-state index contributed by atoms with van der Waals surface area (Å²) in [4.78, 5) is 0. The lowest BCUT2D eigenvalue weighted by Gasteiger charge is -2.10. The highest BCUT2D eigenvalue weighted by atomic mass is 35.5. The van der Waals surface area contributed by atoms with E-state index in [1.807, 2.05) is 0 Å². The van der Waals surface area contributed by atoms with E-state index in [9.17, 15) is 8.78 Å². The summed E-state index contributed by atoms with van der Waals surface area (Å²) < 4.78 is 26.9. The molecule has 0 spiro atoms. The third-order valence-corrected chi connectivity index (χ3v) is 3.09. The molecule has 2 aromatic rings. The molecule has 0 aliphatic heterocycles. The molecule has 0 aliphatic rings. The van der Waals surface area contributed by atoms with E-state index in [0.717, 1.165) is 11.6 Å². The van der Waals surface area contributed by atoms with Crippen molar-refractivity contribution in [1.82, 2.24) is 0 Å². The number of nitrogen functional groups attached to an aromatic ring is 1. The predicted octanol–water partition coefficient (Wildman–Crippen LogP) is 4.18. The first-order valence-corrected chi connectivity index (χ1v) is 5.39. The Bertz CT molecular complexity index is 582. The Morgan fingerprint density at radius 2 is 1.76 bits per heavy atom. The van der Waals surface area contributed by atoms with Crippen LogP contribution in [0, 0.1) is 18.6 Å². The Balaban J connectivity index is 2.69. The van der Waals surface area contributed by atoms with Crippen molar-refractivity contribution in [2.45, 2.75) is 6.92 Å². The zero-order chi connectivity index (χ0) is 12.6. The molecule has 1 nitrogen and oxygen atoms in total. The Morgan fingerprint density at radius 3 is 2.47 bits per heavy atom. The summed E-state index contributed by atoms with van der Waals surface area (Å²) in [5.74, 6) is -1.51. The van der Waals surface area contributed by atoms with Gasteiger partial charge in [0, 0.05) is 10.6 Å². The van der Waals surface area contributed by atoms with Crippen LogP contribution in [0.25, 0.3) is 11.1 Å². The summed E-state index contributed by atoms with van der Waals surface area (Å²) in [6.07, 6.45) is 0. The highest BCUT2D eigenvalue weighted by Crippen LogP contribution is 2.32. The van der Waals surface area contributed by atoms with Crippen LogP contribution < -0.4 is 5.73 Å². The van der Waals surface area contributed by atoms with Crippen molar-refractivity contribution >= 4 is 17.3 Å². The molecular formula is C13H10ClF2N. The molecule has 0 saturated carbocycles. The van der Waals surface area contributed by atoms with Gasteiger partial charge in [0.1, 0.15) is 11.5 Å². The molecule has 0 saturated heterocycles. The third-order valence-electron chi connectivity index (χ3n) is 2.68. The quantitative estimate of drug-likeness (QED) is 0.758. The van der Waals surface area contributed by atoms with Crippen LogP contribution in [0.15, 0.2) is 30.3 Å². The minimum atomic E-state index is -0.758. The summed E-state index contributed by atoms with van der Waals surface area (Å²) in [7, 11) is 0. The van der Waals surface area contributed by atoms with Crippen LogP contribution >= 0.6 is 11.6 Å². The Labute approximate surface area is 103 Å². The fourth-order valence-corrected chi connectivity index (χ4v) is 1.85. The first kappa shape index (κ1) is 11.9. The molecule has 0 atom stereocenters. The number of benzene rings is 2. The van der Waals surface area contributed by atoms with Gasteiger partial charge in [0.15, 0.2) is 5.82 Å².